The van der Waals surface area contributed by atoms with Crippen LogP contribution in [0.2, 0.25) is 0 Å². The molecular weight excluding hydrogens is 170 g/mol. The molecule has 0 aliphatic rings. The first-order valence-electron chi connectivity index (χ1n) is 2.57. The van der Waals surface area contributed by atoms with Crippen molar-refractivity contribution < 1.29 is 18.4 Å². The Hall–Kier alpha value is -1.72. The Morgan fingerprint density at radius 2 is 1.00 bits per heavy atom. The highest BCUT2D eigenvalue weighted by molar-refractivity contribution is 5.89. The quantitative estimate of drug-likeness (QED) is 0.579. The molecule has 4 nitrogen and oxygen atoms in total. The number of amides is 2. The van der Waals surface area contributed by atoms with Gasteiger partial charge in [0.1, 0.15) is 0 Å². The zero-order valence-electron chi connectivity index (χ0n) is 6.14. The maximum Gasteiger partial charge on any atom is 0.276 e. The van der Waals surface area contributed by atoms with Crippen LogP contribution in [-0.4, -0.2) is 11.8 Å². The van der Waals surface area contributed by atoms with Gasteiger partial charge in [-0.15, -0.1) is 0 Å². The van der Waals surface area contributed by atoms with E-state index < -0.39 is 23.5 Å². The zero-order valence-corrected chi connectivity index (χ0v) is 6.14. The number of carbonyl (C=O) groups excluding carboxylic acids is 2. The van der Waals surface area contributed by atoms with Gasteiger partial charge in [0.25, 0.3) is 11.8 Å². The Morgan fingerprint density at radius 3 is 1.00 bits per heavy atom. The lowest BCUT2D eigenvalue weighted by Gasteiger charge is -1.76. The molecule has 0 aliphatic heterocycles. The summed E-state index contributed by atoms with van der Waals surface area (Å²) in [6.07, 6.45) is 0. The van der Waals surface area contributed by atoms with Gasteiger partial charge >= 0.3 is 0 Å². The van der Waals surface area contributed by atoms with Crippen molar-refractivity contribution in [3.63, 3.8) is 0 Å². The number of halogens is 2. The molecule has 0 atom stereocenters. The topological polar surface area (TPSA) is 86.2 Å². The van der Waals surface area contributed by atoms with Crippen LogP contribution in [-0.2, 0) is 9.59 Å². The van der Waals surface area contributed by atoms with Gasteiger partial charge in [0.2, 0.25) is 0 Å². The van der Waals surface area contributed by atoms with E-state index >= 15 is 0 Å². The van der Waals surface area contributed by atoms with E-state index in [4.69, 9.17) is 0 Å². The fourth-order valence-electron chi connectivity index (χ4n) is 0. The van der Waals surface area contributed by atoms with E-state index in [1.807, 2.05) is 0 Å². The van der Waals surface area contributed by atoms with Gasteiger partial charge in [-0.3, -0.25) is 9.59 Å². The van der Waals surface area contributed by atoms with E-state index in [1.54, 1.807) is 0 Å². The lowest BCUT2D eigenvalue weighted by molar-refractivity contribution is -0.116. The van der Waals surface area contributed by atoms with Gasteiger partial charge in [-0.25, -0.2) is 8.78 Å². The molecule has 0 rings (SSSR count). The summed E-state index contributed by atoms with van der Waals surface area (Å²) in [6, 6.07) is 0. The van der Waals surface area contributed by atoms with Crippen molar-refractivity contribution in [2.75, 3.05) is 0 Å². The molecule has 0 fully saturated rings. The van der Waals surface area contributed by atoms with Crippen LogP contribution < -0.4 is 11.5 Å². The predicted molar refractivity (Wildman–Crippen MR) is 38.9 cm³/mol. The van der Waals surface area contributed by atoms with Crippen molar-refractivity contribution in [2.45, 2.75) is 0 Å². The minimum Gasteiger partial charge on any atom is -0.364 e. The average molecular weight is 178 g/mol. The first kappa shape index (κ1) is 12.9. The van der Waals surface area contributed by atoms with Crippen LogP contribution in [0.4, 0.5) is 8.78 Å². The lowest BCUT2D eigenvalue weighted by atomic mass is 10.6. The van der Waals surface area contributed by atoms with E-state index in [9.17, 15) is 18.4 Å². The minimum atomic E-state index is -1.10. The second-order valence-corrected chi connectivity index (χ2v) is 1.54. The van der Waals surface area contributed by atoms with Crippen LogP contribution >= 0.6 is 0 Å². The lowest BCUT2D eigenvalue weighted by Crippen LogP contribution is -2.09. The number of primary amides is 2. The molecule has 0 aromatic carbocycles. The van der Waals surface area contributed by atoms with Gasteiger partial charge in [-0.05, 0) is 0 Å². The normalized spacial score (nSPS) is 7.50. The zero-order chi connectivity index (χ0) is 10.3. The highest BCUT2D eigenvalue weighted by Gasteiger charge is 1.93. The summed E-state index contributed by atoms with van der Waals surface area (Å²) < 4.78 is 22.3. The molecule has 0 unspecified atom stereocenters. The summed E-state index contributed by atoms with van der Waals surface area (Å²) in [7, 11) is 0. The second-order valence-electron chi connectivity index (χ2n) is 1.54. The Balaban J connectivity index is 0. The van der Waals surface area contributed by atoms with Crippen LogP contribution in [0.15, 0.2) is 24.8 Å². The molecule has 0 saturated heterocycles. The van der Waals surface area contributed by atoms with Gasteiger partial charge in [-0.2, -0.15) is 0 Å². The first-order valence-corrected chi connectivity index (χ1v) is 2.57. The number of nitrogens with two attached hydrogens (primary N) is 2. The van der Waals surface area contributed by atoms with Crippen molar-refractivity contribution in [2.24, 2.45) is 11.5 Å². The number of carbonyl (C=O) groups is 2. The molecule has 0 aromatic rings. The van der Waals surface area contributed by atoms with Crippen LogP contribution in [0.25, 0.3) is 0 Å². The molecular formula is C6H8F2N2O2. The molecule has 0 radical (unpaired) electrons. The number of rotatable bonds is 2. The Bertz CT molecular complexity index is 178. The Labute approximate surface area is 67.5 Å². The van der Waals surface area contributed by atoms with Crippen LogP contribution in [0.3, 0.4) is 0 Å². The summed E-state index contributed by atoms with van der Waals surface area (Å²) >= 11 is 0. The summed E-state index contributed by atoms with van der Waals surface area (Å²) in [4.78, 5) is 18.9. The van der Waals surface area contributed by atoms with Gasteiger partial charge < -0.3 is 11.5 Å². The van der Waals surface area contributed by atoms with Gasteiger partial charge in [-0.1, -0.05) is 13.2 Å². The minimum absolute atomic E-state index is 1.10. The third-order valence-electron chi connectivity index (χ3n) is 0.535. The summed E-state index contributed by atoms with van der Waals surface area (Å²) in [5, 5.41) is 0. The molecule has 2 amide bonds. The first-order chi connectivity index (χ1) is 5.29. The standard InChI is InChI=1S/2C3H4FNO/c2*1-2(4)3(5)6/h2*1H2,(H2,5,6). The fourth-order valence-corrected chi connectivity index (χ4v) is 0. The van der Waals surface area contributed by atoms with Gasteiger partial charge in [0.15, 0.2) is 11.7 Å². The molecule has 0 heterocycles. The predicted octanol–water partition coefficient (Wildman–Crippen LogP) is -0.0902. The van der Waals surface area contributed by atoms with Crippen LogP contribution in [0.5, 0.6) is 0 Å². The fraction of sp³-hybridized carbons (Fsp3) is 0. The molecule has 0 bridgehead atoms. The molecule has 4 N–H and O–H groups in total. The van der Waals surface area contributed by atoms with E-state index in [-0.39, 0.29) is 0 Å². The van der Waals surface area contributed by atoms with Crippen molar-refractivity contribution in [3.05, 3.63) is 24.8 Å². The average Bonchev–Trinajstić information content (AvgIpc) is 1.88. The smallest absolute Gasteiger partial charge is 0.276 e. The summed E-state index contributed by atoms with van der Waals surface area (Å²) in [6.45, 7) is 5.23. The maximum absolute atomic E-state index is 11.2. The van der Waals surface area contributed by atoms with Crippen molar-refractivity contribution in [1.29, 1.82) is 0 Å². The van der Waals surface area contributed by atoms with E-state index in [2.05, 4.69) is 24.6 Å². The highest BCUT2D eigenvalue weighted by Crippen LogP contribution is 1.84. The van der Waals surface area contributed by atoms with Crippen LogP contribution in [0, 0.1) is 0 Å². The molecule has 0 aromatic heterocycles. The van der Waals surface area contributed by atoms with E-state index in [0.29, 0.717) is 0 Å². The monoisotopic (exact) mass is 178 g/mol. The molecule has 12 heavy (non-hydrogen) atoms. The SMILES string of the molecule is C=C(F)C(N)=O.C=C(F)C(N)=O. The van der Waals surface area contributed by atoms with Crippen LogP contribution in [0.1, 0.15) is 0 Å². The second kappa shape index (κ2) is 6.02. The van der Waals surface area contributed by atoms with E-state index in [0.717, 1.165) is 0 Å². The molecule has 0 spiro atoms. The Kier molecular flexibility index (Phi) is 6.48. The third-order valence-corrected chi connectivity index (χ3v) is 0.535. The third kappa shape index (κ3) is 11.1. The van der Waals surface area contributed by atoms with Gasteiger partial charge in [0.05, 0.1) is 0 Å². The van der Waals surface area contributed by atoms with Crippen molar-refractivity contribution in [1.82, 2.24) is 0 Å². The largest absolute Gasteiger partial charge is 0.364 e. The van der Waals surface area contributed by atoms with Crippen molar-refractivity contribution >= 4 is 11.8 Å². The number of hydrogen-bond acceptors (Lipinski definition) is 2. The van der Waals surface area contributed by atoms with Gasteiger partial charge in [0, 0.05) is 0 Å². The highest BCUT2D eigenvalue weighted by atomic mass is 19.1. The molecule has 0 saturated carbocycles. The van der Waals surface area contributed by atoms with Crippen molar-refractivity contribution in [3.8, 4) is 0 Å². The summed E-state index contributed by atoms with van der Waals surface area (Å²) in [5.41, 5.74) is 8.64. The number of hydrogen-bond donors (Lipinski definition) is 2. The Morgan fingerprint density at radius 1 is 0.917 bits per heavy atom. The summed E-state index contributed by atoms with van der Waals surface area (Å²) in [5.74, 6) is -4.41. The van der Waals surface area contributed by atoms with E-state index in [1.165, 1.54) is 0 Å². The molecule has 68 valence electrons. The molecule has 6 heteroatoms. The maximum atomic E-state index is 11.2. The molecule has 0 aliphatic carbocycles.